The Morgan fingerprint density at radius 3 is 2.55 bits per heavy atom. The number of aromatic nitrogens is 1. The van der Waals surface area contributed by atoms with Gasteiger partial charge in [-0.1, -0.05) is 17.7 Å². The number of halogens is 1. The van der Waals surface area contributed by atoms with E-state index in [1.807, 2.05) is 19.1 Å². The van der Waals surface area contributed by atoms with E-state index in [4.69, 9.17) is 11.6 Å². The number of carboxylic acid groups (broad SMARTS) is 1. The van der Waals surface area contributed by atoms with Crippen LogP contribution in [-0.2, 0) is 0 Å². The van der Waals surface area contributed by atoms with Crippen LogP contribution in [0.5, 0.6) is 0 Å². The lowest BCUT2D eigenvalue weighted by atomic mass is 10.0. The van der Waals surface area contributed by atoms with Gasteiger partial charge in [-0.25, -0.2) is 4.79 Å². The van der Waals surface area contributed by atoms with Crippen molar-refractivity contribution < 1.29 is 9.90 Å². The van der Waals surface area contributed by atoms with Crippen molar-refractivity contribution in [2.75, 3.05) is 0 Å². The predicted octanol–water partition coefficient (Wildman–Crippen LogP) is 3.15. The fraction of sp³-hybridized carbons (Fsp3) is 0.333. The number of hydrogen-bond acceptors (Lipinski definition) is 2. The molecule has 1 fully saturated rings. The van der Waals surface area contributed by atoms with Crippen LogP contribution >= 0.6 is 11.6 Å². The Hall–Kier alpha value is -1.81. The molecule has 2 aromatic rings. The van der Waals surface area contributed by atoms with Crippen LogP contribution < -0.4 is 5.56 Å². The Morgan fingerprint density at radius 2 is 2.00 bits per heavy atom. The lowest BCUT2D eigenvalue weighted by Gasteiger charge is -2.15. The van der Waals surface area contributed by atoms with Crippen molar-refractivity contribution in [1.29, 1.82) is 0 Å². The number of fused-ring (bicyclic) bond motifs is 1. The number of aromatic carboxylic acids is 1. The van der Waals surface area contributed by atoms with Crippen molar-refractivity contribution >= 4 is 23.1 Å². The minimum absolute atomic E-state index is 0.110. The zero-order valence-corrected chi connectivity index (χ0v) is 12.0. The number of carbonyl (C=O) groups is 1. The third kappa shape index (κ3) is 1.75. The van der Waals surface area contributed by atoms with E-state index >= 15 is 0 Å². The first kappa shape index (κ1) is 13.2. The molecule has 0 bridgehead atoms. The average molecular weight is 292 g/mol. The molecule has 5 heteroatoms. The average Bonchev–Trinajstić information content (AvgIpc) is 3.17. The third-order valence-electron chi connectivity index (χ3n) is 3.85. The van der Waals surface area contributed by atoms with Crippen LogP contribution in [0.15, 0.2) is 16.9 Å². The van der Waals surface area contributed by atoms with E-state index in [9.17, 15) is 14.7 Å². The number of hydrogen-bond donors (Lipinski definition) is 1. The largest absolute Gasteiger partial charge is 0.477 e. The molecule has 0 amide bonds. The lowest BCUT2D eigenvalue weighted by molar-refractivity contribution is 0.0695. The van der Waals surface area contributed by atoms with Gasteiger partial charge in [0, 0.05) is 5.69 Å². The smallest absolute Gasteiger partial charge is 0.342 e. The van der Waals surface area contributed by atoms with E-state index in [-0.39, 0.29) is 16.5 Å². The van der Waals surface area contributed by atoms with Gasteiger partial charge in [0.05, 0.1) is 10.5 Å². The number of rotatable bonds is 2. The maximum atomic E-state index is 12.5. The SMILES string of the molecule is Cc1ccc(C)n2c(=O)c(C(=O)O)c(Cl)c(C3CC3)c12. The van der Waals surface area contributed by atoms with Crippen molar-refractivity contribution in [2.24, 2.45) is 0 Å². The second-order valence-corrected chi connectivity index (χ2v) is 5.71. The van der Waals surface area contributed by atoms with Crippen molar-refractivity contribution in [3.63, 3.8) is 0 Å². The Bertz CT molecular complexity index is 803. The second kappa shape index (κ2) is 4.35. The topological polar surface area (TPSA) is 58.8 Å². The third-order valence-corrected chi connectivity index (χ3v) is 4.24. The van der Waals surface area contributed by atoms with Crippen LogP contribution in [0.4, 0.5) is 0 Å². The molecule has 104 valence electrons. The minimum atomic E-state index is -1.27. The Labute approximate surface area is 120 Å². The molecule has 0 atom stereocenters. The molecule has 1 N–H and O–H groups in total. The van der Waals surface area contributed by atoms with Crippen LogP contribution in [0.3, 0.4) is 0 Å². The zero-order valence-electron chi connectivity index (χ0n) is 11.2. The molecule has 0 saturated heterocycles. The van der Waals surface area contributed by atoms with Crippen LogP contribution in [-0.4, -0.2) is 15.5 Å². The molecule has 0 unspecified atom stereocenters. The molecule has 1 aliphatic carbocycles. The van der Waals surface area contributed by atoms with E-state index in [0.29, 0.717) is 0 Å². The van der Waals surface area contributed by atoms with Crippen molar-refractivity contribution in [3.05, 3.63) is 49.9 Å². The van der Waals surface area contributed by atoms with E-state index in [2.05, 4.69) is 0 Å². The maximum absolute atomic E-state index is 12.5. The van der Waals surface area contributed by atoms with Gasteiger partial charge >= 0.3 is 5.97 Å². The number of carboxylic acids is 1. The second-order valence-electron chi connectivity index (χ2n) is 5.33. The summed E-state index contributed by atoms with van der Waals surface area (Å²) >= 11 is 6.25. The summed E-state index contributed by atoms with van der Waals surface area (Å²) in [6.07, 6.45) is 1.97. The molecule has 0 aliphatic heterocycles. The summed E-state index contributed by atoms with van der Waals surface area (Å²) in [5.41, 5.74) is 2.37. The van der Waals surface area contributed by atoms with Crippen LogP contribution in [0.25, 0.3) is 5.52 Å². The predicted molar refractivity (Wildman–Crippen MR) is 77.1 cm³/mol. The summed E-state index contributed by atoms with van der Waals surface area (Å²) in [6.45, 7) is 3.71. The molecular weight excluding hydrogens is 278 g/mol. The zero-order chi connectivity index (χ0) is 14.6. The van der Waals surface area contributed by atoms with Crippen molar-refractivity contribution in [1.82, 2.24) is 4.40 Å². The minimum Gasteiger partial charge on any atom is -0.477 e. The molecule has 1 aliphatic rings. The summed E-state index contributed by atoms with van der Waals surface area (Å²) in [5, 5.41) is 9.40. The van der Waals surface area contributed by atoms with Crippen LogP contribution in [0.1, 0.15) is 45.9 Å². The van der Waals surface area contributed by atoms with Gasteiger partial charge in [-0.05, 0) is 49.8 Å². The molecule has 4 nitrogen and oxygen atoms in total. The quantitative estimate of drug-likeness (QED) is 0.924. The number of nitrogens with zero attached hydrogens (tertiary/aromatic N) is 1. The van der Waals surface area contributed by atoms with E-state index in [1.165, 1.54) is 4.40 Å². The molecule has 2 aromatic heterocycles. The standard InChI is InChI=1S/C15H14ClNO3/c1-7-3-4-8(2)17-13(7)10(9-5-6-9)12(16)11(14(17)18)15(19)20/h3-4,9H,5-6H2,1-2H3,(H,19,20). The molecule has 2 heterocycles. The van der Waals surface area contributed by atoms with Crippen molar-refractivity contribution in [3.8, 4) is 0 Å². The van der Waals surface area contributed by atoms with E-state index < -0.39 is 11.5 Å². The first-order valence-corrected chi connectivity index (χ1v) is 6.89. The van der Waals surface area contributed by atoms with Gasteiger partial charge in [-0.3, -0.25) is 9.20 Å². The Kier molecular flexibility index (Phi) is 2.87. The molecule has 20 heavy (non-hydrogen) atoms. The van der Waals surface area contributed by atoms with E-state index in [1.54, 1.807) is 6.92 Å². The lowest BCUT2D eigenvalue weighted by Crippen LogP contribution is -2.26. The summed E-state index contributed by atoms with van der Waals surface area (Å²) in [6, 6.07) is 3.76. The van der Waals surface area contributed by atoms with Crippen LogP contribution in [0.2, 0.25) is 5.02 Å². The van der Waals surface area contributed by atoms with Gasteiger partial charge in [0.25, 0.3) is 5.56 Å². The highest BCUT2D eigenvalue weighted by Crippen LogP contribution is 2.46. The van der Waals surface area contributed by atoms with Gasteiger partial charge in [0.15, 0.2) is 0 Å². The highest BCUT2D eigenvalue weighted by Gasteiger charge is 2.33. The van der Waals surface area contributed by atoms with Gasteiger partial charge in [0.1, 0.15) is 5.56 Å². The monoisotopic (exact) mass is 291 g/mol. The van der Waals surface area contributed by atoms with Crippen molar-refractivity contribution in [2.45, 2.75) is 32.6 Å². The van der Waals surface area contributed by atoms with E-state index in [0.717, 1.165) is 35.2 Å². The summed E-state index contributed by atoms with van der Waals surface area (Å²) in [7, 11) is 0. The Balaban J connectivity index is 2.60. The summed E-state index contributed by atoms with van der Waals surface area (Å²) in [5.74, 6) is -1.01. The normalized spacial score (nSPS) is 14.8. The van der Waals surface area contributed by atoms with Gasteiger partial charge in [-0.2, -0.15) is 0 Å². The number of aryl methyl sites for hydroxylation is 2. The van der Waals surface area contributed by atoms with Gasteiger partial charge in [-0.15, -0.1) is 0 Å². The number of pyridine rings is 2. The van der Waals surface area contributed by atoms with Crippen LogP contribution in [0, 0.1) is 13.8 Å². The summed E-state index contributed by atoms with van der Waals surface area (Å²) in [4.78, 5) is 23.8. The molecule has 0 spiro atoms. The highest BCUT2D eigenvalue weighted by molar-refractivity contribution is 6.34. The fourth-order valence-electron chi connectivity index (χ4n) is 2.72. The molecule has 0 aromatic carbocycles. The van der Waals surface area contributed by atoms with Gasteiger partial charge in [0.2, 0.25) is 0 Å². The summed E-state index contributed by atoms with van der Waals surface area (Å²) < 4.78 is 1.48. The fourth-order valence-corrected chi connectivity index (χ4v) is 3.13. The highest BCUT2D eigenvalue weighted by atomic mass is 35.5. The molecular formula is C15H14ClNO3. The first-order chi connectivity index (χ1) is 9.43. The molecule has 0 radical (unpaired) electrons. The first-order valence-electron chi connectivity index (χ1n) is 6.51. The Morgan fingerprint density at radius 1 is 1.35 bits per heavy atom. The molecule has 3 rings (SSSR count). The maximum Gasteiger partial charge on any atom is 0.342 e. The molecule has 1 saturated carbocycles. The van der Waals surface area contributed by atoms with Gasteiger partial charge < -0.3 is 5.11 Å².